The van der Waals surface area contributed by atoms with Gasteiger partial charge in [0.1, 0.15) is 0 Å². The van der Waals surface area contributed by atoms with E-state index in [0.29, 0.717) is 25.9 Å². The fourth-order valence-corrected chi connectivity index (χ4v) is 2.83. The number of rotatable bonds is 2. The molecular weight excluding hydrogens is 309 g/mol. The lowest BCUT2D eigenvalue weighted by Crippen LogP contribution is -2.39. The molecule has 0 saturated carbocycles. The minimum atomic E-state index is -4.54. The molecule has 0 aliphatic carbocycles. The lowest BCUT2D eigenvalue weighted by molar-refractivity contribution is -0.138. The number of halogens is 3. The highest BCUT2D eigenvalue weighted by atomic mass is 19.4. The van der Waals surface area contributed by atoms with Crippen molar-refractivity contribution in [3.63, 3.8) is 0 Å². The van der Waals surface area contributed by atoms with Crippen LogP contribution in [0.2, 0.25) is 0 Å². The molecule has 23 heavy (non-hydrogen) atoms. The Bertz CT molecular complexity index is 676. The number of hydrogen-bond acceptors (Lipinski definition) is 3. The van der Waals surface area contributed by atoms with E-state index in [1.54, 1.807) is 17.1 Å². The molecule has 0 spiro atoms. The number of aromatic nitrogens is 3. The molecule has 0 N–H and O–H groups in total. The van der Waals surface area contributed by atoms with Gasteiger partial charge in [-0.3, -0.25) is 4.79 Å². The monoisotopic (exact) mass is 324 g/mol. The Kier molecular flexibility index (Phi) is 4.06. The van der Waals surface area contributed by atoms with Crippen molar-refractivity contribution in [2.75, 3.05) is 13.1 Å². The Morgan fingerprint density at radius 1 is 1.17 bits per heavy atom. The lowest BCUT2D eigenvalue weighted by atomic mass is 10.0. The molecular formula is C15H15F3N4O. The van der Waals surface area contributed by atoms with Crippen LogP contribution in [0.4, 0.5) is 13.2 Å². The highest BCUT2D eigenvalue weighted by Crippen LogP contribution is 2.33. The minimum absolute atomic E-state index is 0.124. The molecule has 0 bridgehead atoms. The molecule has 0 unspecified atom stereocenters. The third-order valence-electron chi connectivity index (χ3n) is 4.03. The van der Waals surface area contributed by atoms with Gasteiger partial charge in [-0.25, -0.2) is 4.68 Å². The second kappa shape index (κ2) is 6.02. The summed E-state index contributed by atoms with van der Waals surface area (Å²) < 4.78 is 40.8. The maximum atomic E-state index is 13.0. The van der Waals surface area contributed by atoms with Gasteiger partial charge in [0.25, 0.3) is 5.91 Å². The van der Waals surface area contributed by atoms with E-state index < -0.39 is 17.6 Å². The average molecular weight is 324 g/mol. The summed E-state index contributed by atoms with van der Waals surface area (Å²) in [5.74, 6) is -0.574. The molecule has 2 heterocycles. The van der Waals surface area contributed by atoms with Crippen LogP contribution < -0.4 is 0 Å². The summed E-state index contributed by atoms with van der Waals surface area (Å²) in [5, 5.41) is 7.67. The zero-order valence-corrected chi connectivity index (χ0v) is 12.2. The van der Waals surface area contributed by atoms with Gasteiger partial charge in [0.2, 0.25) is 0 Å². The average Bonchev–Trinajstić information content (AvgIpc) is 3.08. The Labute approximate surface area is 130 Å². The van der Waals surface area contributed by atoms with Gasteiger partial charge in [0, 0.05) is 19.3 Å². The minimum Gasteiger partial charge on any atom is -0.338 e. The van der Waals surface area contributed by atoms with Gasteiger partial charge >= 0.3 is 6.18 Å². The summed E-state index contributed by atoms with van der Waals surface area (Å²) >= 11 is 0. The molecule has 5 nitrogen and oxygen atoms in total. The van der Waals surface area contributed by atoms with Gasteiger partial charge in [0.05, 0.1) is 23.4 Å². The predicted molar refractivity (Wildman–Crippen MR) is 75.6 cm³/mol. The van der Waals surface area contributed by atoms with Gasteiger partial charge in [0.15, 0.2) is 0 Å². The summed E-state index contributed by atoms with van der Waals surface area (Å²) in [6.07, 6.45) is 0.0794. The van der Waals surface area contributed by atoms with Crippen molar-refractivity contribution in [1.29, 1.82) is 0 Å². The standard InChI is InChI=1S/C15H15F3N4O/c16-15(17,18)13-4-2-1-3-12(13)14(23)21-8-5-11(6-9-21)22-10-7-19-20-22/h1-4,7,10-11H,5-6,8-9H2. The van der Waals surface area contributed by atoms with Crippen LogP contribution in [0.15, 0.2) is 36.7 Å². The summed E-state index contributed by atoms with van der Waals surface area (Å²) in [6.45, 7) is 0.797. The Balaban J connectivity index is 1.73. The lowest BCUT2D eigenvalue weighted by Gasteiger charge is -2.32. The molecule has 3 rings (SSSR count). The molecule has 2 aromatic rings. The predicted octanol–water partition coefficient (Wildman–Crippen LogP) is 2.77. The Morgan fingerprint density at radius 2 is 1.87 bits per heavy atom. The molecule has 122 valence electrons. The molecule has 1 aromatic carbocycles. The number of likely N-dealkylation sites (tertiary alicyclic amines) is 1. The van der Waals surface area contributed by atoms with E-state index in [1.165, 1.54) is 23.1 Å². The zero-order valence-electron chi connectivity index (χ0n) is 12.2. The number of nitrogens with zero attached hydrogens (tertiary/aromatic N) is 4. The number of piperidine rings is 1. The highest BCUT2D eigenvalue weighted by molar-refractivity contribution is 5.96. The molecule has 1 aromatic heterocycles. The van der Waals surface area contributed by atoms with Crippen LogP contribution in [0.25, 0.3) is 0 Å². The molecule has 1 fully saturated rings. The maximum Gasteiger partial charge on any atom is 0.417 e. The van der Waals surface area contributed by atoms with Crippen molar-refractivity contribution in [3.8, 4) is 0 Å². The zero-order chi connectivity index (χ0) is 16.4. The molecule has 1 saturated heterocycles. The van der Waals surface area contributed by atoms with Crippen LogP contribution in [0.5, 0.6) is 0 Å². The van der Waals surface area contributed by atoms with E-state index in [2.05, 4.69) is 10.3 Å². The number of alkyl halides is 3. The first-order valence-electron chi connectivity index (χ1n) is 7.28. The molecule has 8 heteroatoms. The SMILES string of the molecule is O=C(c1ccccc1C(F)(F)F)N1CCC(n2ccnn2)CC1. The normalized spacial score (nSPS) is 16.6. The van der Waals surface area contributed by atoms with Gasteiger partial charge < -0.3 is 4.90 Å². The van der Waals surface area contributed by atoms with E-state index in [4.69, 9.17) is 0 Å². The Hall–Kier alpha value is -2.38. The number of benzene rings is 1. The fraction of sp³-hybridized carbons (Fsp3) is 0.400. The molecule has 0 atom stereocenters. The van der Waals surface area contributed by atoms with Crippen molar-refractivity contribution in [1.82, 2.24) is 19.9 Å². The topological polar surface area (TPSA) is 51.0 Å². The first-order chi connectivity index (χ1) is 11.0. The van der Waals surface area contributed by atoms with Crippen LogP contribution in [0.1, 0.15) is 34.8 Å². The van der Waals surface area contributed by atoms with E-state index >= 15 is 0 Å². The van der Waals surface area contributed by atoms with E-state index in [1.807, 2.05) is 0 Å². The Morgan fingerprint density at radius 3 is 2.48 bits per heavy atom. The number of hydrogen-bond donors (Lipinski definition) is 0. The second-order valence-electron chi connectivity index (χ2n) is 5.45. The van der Waals surface area contributed by atoms with Crippen molar-refractivity contribution in [3.05, 3.63) is 47.8 Å². The van der Waals surface area contributed by atoms with Crippen LogP contribution in [-0.4, -0.2) is 38.9 Å². The number of carbonyl (C=O) groups excluding carboxylic acids is 1. The third-order valence-corrected chi connectivity index (χ3v) is 4.03. The largest absolute Gasteiger partial charge is 0.417 e. The summed E-state index contributed by atoms with van der Waals surface area (Å²) in [5.41, 5.74) is -1.18. The van der Waals surface area contributed by atoms with Crippen molar-refractivity contribution < 1.29 is 18.0 Å². The van der Waals surface area contributed by atoms with Crippen molar-refractivity contribution >= 4 is 5.91 Å². The summed E-state index contributed by atoms with van der Waals surface area (Å²) in [6, 6.07) is 5.03. The van der Waals surface area contributed by atoms with Crippen LogP contribution in [0.3, 0.4) is 0 Å². The van der Waals surface area contributed by atoms with Crippen LogP contribution in [0, 0.1) is 0 Å². The highest BCUT2D eigenvalue weighted by Gasteiger charge is 2.36. The summed E-state index contributed by atoms with van der Waals surface area (Å²) in [4.78, 5) is 13.9. The van der Waals surface area contributed by atoms with E-state index in [0.717, 1.165) is 6.07 Å². The van der Waals surface area contributed by atoms with E-state index in [9.17, 15) is 18.0 Å². The molecule has 1 aliphatic rings. The maximum absolute atomic E-state index is 13.0. The molecule has 0 radical (unpaired) electrons. The van der Waals surface area contributed by atoms with E-state index in [-0.39, 0.29) is 11.6 Å². The van der Waals surface area contributed by atoms with Crippen LogP contribution >= 0.6 is 0 Å². The quantitative estimate of drug-likeness (QED) is 0.853. The number of amides is 1. The smallest absolute Gasteiger partial charge is 0.338 e. The number of carbonyl (C=O) groups is 1. The van der Waals surface area contributed by atoms with Crippen LogP contribution in [-0.2, 0) is 6.18 Å². The first-order valence-corrected chi connectivity index (χ1v) is 7.28. The molecule has 1 amide bonds. The third kappa shape index (κ3) is 3.20. The van der Waals surface area contributed by atoms with Gasteiger partial charge in [-0.05, 0) is 25.0 Å². The second-order valence-corrected chi connectivity index (χ2v) is 5.45. The summed E-state index contributed by atoms with van der Waals surface area (Å²) in [7, 11) is 0. The van der Waals surface area contributed by atoms with Gasteiger partial charge in [-0.2, -0.15) is 13.2 Å². The van der Waals surface area contributed by atoms with Gasteiger partial charge in [-0.15, -0.1) is 5.10 Å². The van der Waals surface area contributed by atoms with Crippen molar-refractivity contribution in [2.45, 2.75) is 25.1 Å². The van der Waals surface area contributed by atoms with Crippen molar-refractivity contribution in [2.24, 2.45) is 0 Å². The van der Waals surface area contributed by atoms with Gasteiger partial charge in [-0.1, -0.05) is 17.3 Å². The fourth-order valence-electron chi connectivity index (χ4n) is 2.83. The molecule has 1 aliphatic heterocycles. The first kappa shape index (κ1) is 15.5.